The molecular formula is C12H15N5O3S. The SMILES string of the molecule is Cc1nc(N)sc1C(=O)N1CCCC2(C1)NC(=O)NC2=O. The molecule has 0 aromatic carbocycles. The monoisotopic (exact) mass is 309 g/mol. The molecule has 1 atom stereocenters. The molecule has 1 unspecified atom stereocenters. The van der Waals surface area contributed by atoms with Crippen molar-refractivity contribution in [3.05, 3.63) is 10.6 Å². The van der Waals surface area contributed by atoms with Gasteiger partial charge in [-0.15, -0.1) is 0 Å². The van der Waals surface area contributed by atoms with E-state index < -0.39 is 11.6 Å². The van der Waals surface area contributed by atoms with E-state index in [1.54, 1.807) is 11.8 Å². The number of urea groups is 1. The maximum Gasteiger partial charge on any atom is 0.322 e. The van der Waals surface area contributed by atoms with E-state index in [1.165, 1.54) is 0 Å². The first-order valence-electron chi connectivity index (χ1n) is 6.57. The van der Waals surface area contributed by atoms with Gasteiger partial charge in [0.25, 0.3) is 11.8 Å². The number of hydrogen-bond acceptors (Lipinski definition) is 6. The van der Waals surface area contributed by atoms with Crippen LogP contribution in [0.25, 0.3) is 0 Å². The summed E-state index contributed by atoms with van der Waals surface area (Å²) in [6.07, 6.45) is 1.17. The van der Waals surface area contributed by atoms with Gasteiger partial charge in [-0.25, -0.2) is 9.78 Å². The van der Waals surface area contributed by atoms with Gasteiger partial charge in [0.2, 0.25) is 0 Å². The van der Waals surface area contributed by atoms with Crippen LogP contribution in [0.1, 0.15) is 28.2 Å². The summed E-state index contributed by atoms with van der Waals surface area (Å²) < 4.78 is 0. The molecule has 0 radical (unpaired) electrons. The number of nitrogen functional groups attached to an aromatic ring is 1. The van der Waals surface area contributed by atoms with Gasteiger partial charge >= 0.3 is 6.03 Å². The second kappa shape index (κ2) is 4.69. The lowest BCUT2D eigenvalue weighted by molar-refractivity contribution is -0.125. The molecule has 1 spiro atoms. The Balaban J connectivity index is 1.83. The predicted molar refractivity (Wildman–Crippen MR) is 75.8 cm³/mol. The number of carbonyl (C=O) groups is 3. The van der Waals surface area contributed by atoms with Crippen LogP contribution in [0, 0.1) is 6.92 Å². The van der Waals surface area contributed by atoms with Gasteiger partial charge in [-0.1, -0.05) is 11.3 Å². The van der Waals surface area contributed by atoms with Crippen LogP contribution in [-0.4, -0.2) is 46.4 Å². The molecule has 0 saturated carbocycles. The van der Waals surface area contributed by atoms with Gasteiger partial charge in [0.1, 0.15) is 10.4 Å². The number of nitrogens with one attached hydrogen (secondary N) is 2. The number of piperidine rings is 1. The number of nitrogens with two attached hydrogens (primary N) is 1. The summed E-state index contributed by atoms with van der Waals surface area (Å²) >= 11 is 1.14. The summed E-state index contributed by atoms with van der Waals surface area (Å²) in [6.45, 7) is 2.44. The molecule has 112 valence electrons. The molecule has 8 nitrogen and oxygen atoms in total. The van der Waals surface area contributed by atoms with Crippen LogP contribution in [-0.2, 0) is 4.79 Å². The van der Waals surface area contributed by atoms with E-state index in [9.17, 15) is 14.4 Å². The largest absolute Gasteiger partial charge is 0.375 e. The van der Waals surface area contributed by atoms with Crippen LogP contribution in [0.2, 0.25) is 0 Å². The third-order valence-corrected chi connectivity index (χ3v) is 4.78. The molecule has 2 aliphatic heterocycles. The summed E-state index contributed by atoms with van der Waals surface area (Å²) in [6, 6.07) is -0.507. The van der Waals surface area contributed by atoms with Crippen LogP contribution in [0.3, 0.4) is 0 Å². The van der Waals surface area contributed by atoms with Crippen molar-refractivity contribution >= 4 is 34.3 Å². The molecule has 4 amide bonds. The number of thiazole rings is 1. The Morgan fingerprint density at radius 3 is 2.81 bits per heavy atom. The van der Waals surface area contributed by atoms with Crippen molar-refractivity contribution < 1.29 is 14.4 Å². The van der Waals surface area contributed by atoms with E-state index in [0.29, 0.717) is 35.1 Å². The van der Waals surface area contributed by atoms with Gasteiger partial charge in [0.05, 0.1) is 12.2 Å². The van der Waals surface area contributed by atoms with E-state index in [0.717, 1.165) is 11.3 Å². The average molecular weight is 309 g/mol. The molecule has 2 saturated heterocycles. The van der Waals surface area contributed by atoms with Crippen molar-refractivity contribution in [1.29, 1.82) is 0 Å². The molecular weight excluding hydrogens is 294 g/mol. The molecule has 9 heteroatoms. The van der Waals surface area contributed by atoms with Crippen LogP contribution < -0.4 is 16.4 Å². The molecule has 21 heavy (non-hydrogen) atoms. The molecule has 4 N–H and O–H groups in total. The average Bonchev–Trinajstić information content (AvgIpc) is 2.89. The van der Waals surface area contributed by atoms with Crippen molar-refractivity contribution in [2.45, 2.75) is 25.3 Å². The number of hydrogen-bond donors (Lipinski definition) is 3. The van der Waals surface area contributed by atoms with E-state index in [-0.39, 0.29) is 18.4 Å². The Morgan fingerprint density at radius 1 is 1.48 bits per heavy atom. The summed E-state index contributed by atoms with van der Waals surface area (Å²) in [4.78, 5) is 42.0. The smallest absolute Gasteiger partial charge is 0.322 e. The molecule has 2 aliphatic rings. The second-order valence-electron chi connectivity index (χ2n) is 5.29. The minimum absolute atomic E-state index is 0.167. The highest BCUT2D eigenvalue weighted by Crippen LogP contribution is 2.28. The Hall–Kier alpha value is -2.16. The number of nitrogens with zero attached hydrogens (tertiary/aromatic N) is 2. The molecule has 0 bridgehead atoms. The number of aryl methyl sites for hydroxylation is 1. The van der Waals surface area contributed by atoms with Crippen molar-refractivity contribution in [2.75, 3.05) is 18.8 Å². The maximum atomic E-state index is 12.6. The molecule has 1 aromatic heterocycles. The first kappa shape index (κ1) is 13.8. The molecule has 3 heterocycles. The zero-order valence-corrected chi connectivity index (χ0v) is 12.2. The second-order valence-corrected chi connectivity index (χ2v) is 6.32. The maximum absolute atomic E-state index is 12.6. The van der Waals surface area contributed by atoms with Crippen molar-refractivity contribution in [2.24, 2.45) is 0 Å². The number of amides is 4. The summed E-state index contributed by atoms with van der Waals surface area (Å²) in [5.41, 5.74) is 5.20. The topological polar surface area (TPSA) is 117 Å². The standard InChI is InChI=1S/C12H15N5O3S/c1-6-7(21-10(13)14-6)8(18)17-4-2-3-12(5-17)9(19)15-11(20)16-12/h2-5H2,1H3,(H2,13,14)(H2,15,16,19,20). The van der Waals surface area contributed by atoms with E-state index in [1.807, 2.05) is 0 Å². The van der Waals surface area contributed by atoms with Gasteiger partial charge in [-0.05, 0) is 19.8 Å². The lowest BCUT2D eigenvalue weighted by Gasteiger charge is -2.37. The predicted octanol–water partition coefficient (Wildman–Crippen LogP) is -0.152. The molecule has 1 aromatic rings. The zero-order chi connectivity index (χ0) is 15.2. The Labute approximate surface area is 124 Å². The molecule has 3 rings (SSSR count). The lowest BCUT2D eigenvalue weighted by atomic mass is 9.89. The number of likely N-dealkylation sites (tertiary alicyclic amines) is 1. The van der Waals surface area contributed by atoms with E-state index in [2.05, 4.69) is 15.6 Å². The number of carbonyl (C=O) groups excluding carboxylic acids is 3. The van der Waals surface area contributed by atoms with Gasteiger partial charge in [-0.2, -0.15) is 0 Å². The number of anilines is 1. The van der Waals surface area contributed by atoms with Crippen molar-refractivity contribution in [3.63, 3.8) is 0 Å². The number of rotatable bonds is 1. The van der Waals surface area contributed by atoms with E-state index in [4.69, 9.17) is 5.73 Å². The first-order chi connectivity index (χ1) is 9.91. The number of imide groups is 1. The third kappa shape index (κ3) is 2.23. The first-order valence-corrected chi connectivity index (χ1v) is 7.39. The van der Waals surface area contributed by atoms with Crippen LogP contribution >= 0.6 is 11.3 Å². The van der Waals surface area contributed by atoms with Gasteiger partial charge < -0.3 is 16.0 Å². The Bertz CT molecular complexity index is 643. The van der Waals surface area contributed by atoms with Crippen LogP contribution in [0.5, 0.6) is 0 Å². The molecule has 0 aliphatic carbocycles. The van der Waals surface area contributed by atoms with Gasteiger partial charge in [0, 0.05) is 6.54 Å². The minimum Gasteiger partial charge on any atom is -0.375 e. The highest BCUT2D eigenvalue weighted by Gasteiger charge is 2.49. The lowest BCUT2D eigenvalue weighted by Crippen LogP contribution is -2.59. The summed E-state index contributed by atoms with van der Waals surface area (Å²) in [5.74, 6) is -0.569. The van der Waals surface area contributed by atoms with Crippen LogP contribution in [0.15, 0.2) is 0 Å². The Morgan fingerprint density at radius 2 is 2.24 bits per heavy atom. The van der Waals surface area contributed by atoms with E-state index >= 15 is 0 Å². The number of aromatic nitrogens is 1. The van der Waals surface area contributed by atoms with Gasteiger partial charge in [0.15, 0.2) is 5.13 Å². The fourth-order valence-corrected chi connectivity index (χ4v) is 3.61. The fourth-order valence-electron chi connectivity index (χ4n) is 2.80. The molecule has 2 fully saturated rings. The fraction of sp³-hybridized carbons (Fsp3) is 0.500. The van der Waals surface area contributed by atoms with Crippen molar-refractivity contribution in [1.82, 2.24) is 20.5 Å². The van der Waals surface area contributed by atoms with Crippen LogP contribution in [0.4, 0.5) is 9.93 Å². The van der Waals surface area contributed by atoms with Gasteiger partial charge in [-0.3, -0.25) is 14.9 Å². The highest BCUT2D eigenvalue weighted by atomic mass is 32.1. The zero-order valence-electron chi connectivity index (χ0n) is 11.4. The van der Waals surface area contributed by atoms with Crippen molar-refractivity contribution in [3.8, 4) is 0 Å². The normalized spacial score (nSPS) is 25.1. The summed E-state index contributed by atoms with van der Waals surface area (Å²) in [7, 11) is 0. The summed E-state index contributed by atoms with van der Waals surface area (Å²) in [5, 5.41) is 5.22. The Kier molecular flexibility index (Phi) is 3.08. The third-order valence-electron chi connectivity index (χ3n) is 3.80. The highest BCUT2D eigenvalue weighted by molar-refractivity contribution is 7.17. The quantitative estimate of drug-likeness (QED) is 0.624. The minimum atomic E-state index is -1.00.